The second kappa shape index (κ2) is 16.2. The molecule has 0 radical (unpaired) electrons. The van der Waals surface area contributed by atoms with Crippen molar-refractivity contribution in [3.8, 4) is 0 Å². The fourth-order valence-electron chi connectivity index (χ4n) is 0. The van der Waals surface area contributed by atoms with Gasteiger partial charge in [0.25, 0.3) is 0 Å². The molecule has 0 saturated heterocycles. The van der Waals surface area contributed by atoms with E-state index in [4.69, 9.17) is 0 Å². The topological polar surface area (TPSA) is 158 Å². The molecule has 0 aliphatic carbocycles. The van der Waals surface area contributed by atoms with Crippen molar-refractivity contribution in [1.82, 2.24) is 0 Å². The van der Waals surface area contributed by atoms with Crippen LogP contribution in [0.15, 0.2) is 0 Å². The number of hydrogen-bond donors (Lipinski definition) is 0. The van der Waals surface area contributed by atoms with Crippen molar-refractivity contribution >= 4 is 0 Å². The molecule has 0 unspecified atom stereocenters. The molecule has 0 spiro atoms. The SMILES string of the molecule is O.O.O.O.O.[F][Hf]([F])([F])[F]. The van der Waals surface area contributed by atoms with Gasteiger partial charge in [-0.1, -0.05) is 0 Å². The Morgan fingerprint density at radius 3 is 0.500 bits per heavy atom. The molecule has 0 aromatic heterocycles. The molecule has 0 heterocycles. The van der Waals surface area contributed by atoms with Gasteiger partial charge in [0.05, 0.1) is 0 Å². The molecule has 0 aliphatic rings. The molecule has 0 saturated carbocycles. The molecule has 0 fully saturated rings. The van der Waals surface area contributed by atoms with Crippen molar-refractivity contribution in [2.24, 2.45) is 0 Å². The Balaban J connectivity index is -0.00000000800. The Morgan fingerprint density at radius 1 is 0.500 bits per heavy atom. The summed E-state index contributed by atoms with van der Waals surface area (Å²) >= 11 is -7.28. The Kier molecular flexibility index (Phi) is 76.9. The fraction of sp³-hybridized carbons (Fsp3) is 0. The first-order chi connectivity index (χ1) is 2.00. The third-order valence-corrected chi connectivity index (χ3v) is 0. The van der Waals surface area contributed by atoms with E-state index in [9.17, 15) is 10.7 Å². The second-order valence-corrected chi connectivity index (χ2v) is 3.51. The van der Waals surface area contributed by atoms with Crippen LogP contribution in [-0.2, 0) is 22.4 Å². The Bertz CT molecular complexity index is 29.1. The van der Waals surface area contributed by atoms with Crippen molar-refractivity contribution in [3.05, 3.63) is 0 Å². The van der Waals surface area contributed by atoms with E-state index in [-0.39, 0.29) is 27.4 Å². The Morgan fingerprint density at radius 2 is 0.500 bits per heavy atom. The maximum absolute atomic E-state index is 9.91. The van der Waals surface area contributed by atoms with Crippen LogP contribution in [0.3, 0.4) is 0 Å². The van der Waals surface area contributed by atoms with Gasteiger partial charge in [-0.3, -0.25) is 0 Å². The minimum absolute atomic E-state index is 0. The molecule has 10 heavy (non-hydrogen) atoms. The van der Waals surface area contributed by atoms with E-state index in [1.807, 2.05) is 0 Å². The van der Waals surface area contributed by atoms with Gasteiger partial charge in [0.15, 0.2) is 0 Å². The number of halogens is 4. The van der Waals surface area contributed by atoms with Gasteiger partial charge < -0.3 is 27.4 Å². The van der Waals surface area contributed by atoms with Crippen LogP contribution in [-0.4, -0.2) is 27.4 Å². The van der Waals surface area contributed by atoms with Gasteiger partial charge in [-0.05, 0) is 0 Å². The molecule has 10 heteroatoms. The van der Waals surface area contributed by atoms with E-state index in [0.717, 1.165) is 0 Å². The normalized spacial score (nSPS) is 6.00. The molecular formula is H10F4HfO5. The summed E-state index contributed by atoms with van der Waals surface area (Å²) in [5.74, 6) is 0. The first-order valence-corrected chi connectivity index (χ1v) is 6.19. The van der Waals surface area contributed by atoms with Crippen molar-refractivity contribution in [3.63, 3.8) is 0 Å². The van der Waals surface area contributed by atoms with Gasteiger partial charge in [-0.25, -0.2) is 0 Å². The van der Waals surface area contributed by atoms with Gasteiger partial charge >= 0.3 is 33.0 Å². The maximum atomic E-state index is 9.91. The first-order valence-electron chi connectivity index (χ1n) is 0.756. The molecular weight excluding hydrogens is 334 g/mol. The summed E-state index contributed by atoms with van der Waals surface area (Å²) in [7, 11) is 0. The van der Waals surface area contributed by atoms with E-state index < -0.39 is 22.4 Å². The fourth-order valence-corrected chi connectivity index (χ4v) is 0. The Hall–Kier alpha value is 0.390. The van der Waals surface area contributed by atoms with Gasteiger partial charge in [0.1, 0.15) is 0 Å². The molecule has 72 valence electrons. The summed E-state index contributed by atoms with van der Waals surface area (Å²) in [6, 6.07) is 0. The molecule has 5 nitrogen and oxygen atoms in total. The zero-order valence-electron chi connectivity index (χ0n) is 4.51. The summed E-state index contributed by atoms with van der Waals surface area (Å²) in [5.41, 5.74) is 0. The molecule has 0 aromatic carbocycles. The quantitative estimate of drug-likeness (QED) is 0.338. The van der Waals surface area contributed by atoms with Gasteiger partial charge in [-0.2, -0.15) is 0 Å². The minimum atomic E-state index is -7.28. The molecule has 0 bridgehead atoms. The number of hydrogen-bond acceptors (Lipinski definition) is 0. The summed E-state index contributed by atoms with van der Waals surface area (Å²) in [5, 5.41) is 0. The summed E-state index contributed by atoms with van der Waals surface area (Å²) in [6.07, 6.45) is 0. The first kappa shape index (κ1) is 47.5. The van der Waals surface area contributed by atoms with Crippen LogP contribution in [0.25, 0.3) is 0 Å². The summed E-state index contributed by atoms with van der Waals surface area (Å²) in [4.78, 5) is 0. The Labute approximate surface area is 61.0 Å². The third kappa shape index (κ3) is 3010. The predicted molar refractivity (Wildman–Crippen MR) is 22.5 cm³/mol. The van der Waals surface area contributed by atoms with Crippen LogP contribution in [0.4, 0.5) is 10.7 Å². The average molecular weight is 345 g/mol. The van der Waals surface area contributed by atoms with Gasteiger partial charge in [0.2, 0.25) is 0 Å². The monoisotopic (exact) mass is 346 g/mol. The van der Waals surface area contributed by atoms with Crippen molar-refractivity contribution < 1.29 is 60.4 Å². The molecule has 0 aliphatic heterocycles. The standard InChI is InChI=1S/4FH.Hf.5H2O/h4*1H;;5*1H2/q;;;;+4;;;;;/p-4. The zero-order valence-corrected chi connectivity index (χ0v) is 8.10. The third-order valence-electron chi connectivity index (χ3n) is 0. The molecule has 0 aromatic rings. The van der Waals surface area contributed by atoms with Crippen LogP contribution < -0.4 is 0 Å². The molecule has 0 rings (SSSR count). The van der Waals surface area contributed by atoms with Crippen LogP contribution in [0, 0.1) is 0 Å². The van der Waals surface area contributed by atoms with Crippen LogP contribution in [0.5, 0.6) is 0 Å². The van der Waals surface area contributed by atoms with Crippen LogP contribution >= 0.6 is 0 Å². The summed E-state index contributed by atoms with van der Waals surface area (Å²) < 4.78 is 39.6. The molecule has 0 atom stereocenters. The van der Waals surface area contributed by atoms with Crippen LogP contribution in [0.1, 0.15) is 0 Å². The van der Waals surface area contributed by atoms with Crippen LogP contribution in [0.2, 0.25) is 0 Å². The predicted octanol–water partition coefficient (Wildman–Crippen LogP) is -2.45. The molecule has 10 N–H and O–H groups in total. The van der Waals surface area contributed by atoms with Gasteiger partial charge in [0, 0.05) is 0 Å². The van der Waals surface area contributed by atoms with Gasteiger partial charge in [-0.15, -0.1) is 0 Å². The average Bonchev–Trinajstić information content (AvgIpc) is 0.722. The summed E-state index contributed by atoms with van der Waals surface area (Å²) in [6.45, 7) is 0. The zero-order chi connectivity index (χ0) is 4.50. The molecule has 0 amide bonds. The second-order valence-electron chi connectivity index (χ2n) is 0.429. The van der Waals surface area contributed by atoms with E-state index in [1.54, 1.807) is 0 Å². The van der Waals surface area contributed by atoms with Crippen molar-refractivity contribution in [2.45, 2.75) is 0 Å². The van der Waals surface area contributed by atoms with E-state index in [1.165, 1.54) is 0 Å². The van der Waals surface area contributed by atoms with Crippen molar-refractivity contribution in [2.75, 3.05) is 0 Å². The number of rotatable bonds is 0. The van der Waals surface area contributed by atoms with E-state index in [0.29, 0.717) is 0 Å². The van der Waals surface area contributed by atoms with E-state index >= 15 is 0 Å². The van der Waals surface area contributed by atoms with E-state index in [2.05, 4.69) is 0 Å². The van der Waals surface area contributed by atoms with Crippen molar-refractivity contribution in [1.29, 1.82) is 0 Å².